The summed E-state index contributed by atoms with van der Waals surface area (Å²) in [6.07, 6.45) is 1.94. The number of benzene rings is 1. The summed E-state index contributed by atoms with van der Waals surface area (Å²) in [7, 11) is 0. The Kier molecular flexibility index (Phi) is 4.20. The summed E-state index contributed by atoms with van der Waals surface area (Å²) < 4.78 is 0. The van der Waals surface area contributed by atoms with Gasteiger partial charge in [-0.1, -0.05) is 17.7 Å². The van der Waals surface area contributed by atoms with Crippen molar-refractivity contribution in [2.24, 2.45) is 0 Å². The second-order valence-electron chi connectivity index (χ2n) is 4.53. The average molecular weight is 294 g/mol. The topological polar surface area (TPSA) is 87.2 Å². The summed E-state index contributed by atoms with van der Waals surface area (Å²) in [5, 5.41) is 19.6. The van der Waals surface area contributed by atoms with E-state index in [0.29, 0.717) is 0 Å². The minimum Gasteiger partial charge on any atom is -0.334 e. The Hall–Kier alpha value is -2.13. The Labute approximate surface area is 120 Å². The van der Waals surface area contributed by atoms with Crippen molar-refractivity contribution < 1.29 is 9.72 Å². The average Bonchev–Trinajstić information content (AvgIpc) is 3.22. The van der Waals surface area contributed by atoms with Gasteiger partial charge in [0.05, 0.1) is 17.4 Å². The number of nitriles is 1. The molecule has 7 heteroatoms. The van der Waals surface area contributed by atoms with E-state index in [1.807, 2.05) is 6.07 Å². The zero-order chi connectivity index (χ0) is 14.7. The molecule has 0 unspecified atom stereocenters. The Morgan fingerprint density at radius 3 is 2.80 bits per heavy atom. The molecule has 1 aromatic rings. The molecule has 1 aromatic carbocycles. The summed E-state index contributed by atoms with van der Waals surface area (Å²) in [5.41, 5.74) is -0.394. The molecule has 0 radical (unpaired) electrons. The third-order valence-corrected chi connectivity index (χ3v) is 3.42. The van der Waals surface area contributed by atoms with Gasteiger partial charge in [0, 0.05) is 12.6 Å². The molecule has 1 aliphatic rings. The highest BCUT2D eigenvalue weighted by Gasteiger charge is 2.35. The molecule has 1 aliphatic carbocycles. The van der Waals surface area contributed by atoms with Gasteiger partial charge in [0.2, 0.25) is 0 Å². The maximum absolute atomic E-state index is 12.5. The molecule has 2 rings (SSSR count). The van der Waals surface area contributed by atoms with Crippen LogP contribution in [0.1, 0.15) is 29.6 Å². The summed E-state index contributed by atoms with van der Waals surface area (Å²) in [6, 6.07) is 6.35. The van der Waals surface area contributed by atoms with E-state index in [1.54, 1.807) is 0 Å². The maximum Gasteiger partial charge on any atom is 0.300 e. The van der Waals surface area contributed by atoms with Crippen LogP contribution in [-0.4, -0.2) is 28.3 Å². The standard InChI is InChI=1S/C13H12ClN3O3/c14-11-4-1-3-10(12(11)17(19)20)13(18)16(8-2-7-15)9-5-6-9/h1,3-4,9H,2,5-6,8H2. The van der Waals surface area contributed by atoms with Crippen molar-refractivity contribution in [3.63, 3.8) is 0 Å². The minimum absolute atomic E-state index is 0.0210. The van der Waals surface area contributed by atoms with Crippen LogP contribution in [0.4, 0.5) is 5.69 Å². The first-order valence-electron chi connectivity index (χ1n) is 6.17. The molecular formula is C13H12ClN3O3. The predicted molar refractivity (Wildman–Crippen MR) is 72.4 cm³/mol. The number of carbonyl (C=O) groups is 1. The molecule has 0 aliphatic heterocycles. The van der Waals surface area contributed by atoms with E-state index in [-0.39, 0.29) is 35.3 Å². The van der Waals surface area contributed by atoms with Gasteiger partial charge in [-0.05, 0) is 25.0 Å². The number of amides is 1. The van der Waals surface area contributed by atoms with Crippen LogP contribution >= 0.6 is 11.6 Å². The first-order valence-corrected chi connectivity index (χ1v) is 6.55. The van der Waals surface area contributed by atoms with Gasteiger partial charge in [-0.3, -0.25) is 14.9 Å². The third kappa shape index (κ3) is 2.89. The predicted octanol–water partition coefficient (Wildman–Crippen LogP) is 2.77. The van der Waals surface area contributed by atoms with Crippen molar-refractivity contribution in [2.45, 2.75) is 25.3 Å². The van der Waals surface area contributed by atoms with E-state index in [9.17, 15) is 14.9 Å². The van der Waals surface area contributed by atoms with Crippen LogP contribution in [0, 0.1) is 21.4 Å². The first kappa shape index (κ1) is 14.3. The van der Waals surface area contributed by atoms with Crippen molar-refractivity contribution in [1.29, 1.82) is 5.26 Å². The minimum atomic E-state index is -0.648. The van der Waals surface area contributed by atoms with Crippen LogP contribution in [0.2, 0.25) is 5.02 Å². The fourth-order valence-electron chi connectivity index (χ4n) is 2.03. The first-order chi connectivity index (χ1) is 9.56. The molecule has 0 bridgehead atoms. The highest BCUT2D eigenvalue weighted by molar-refractivity contribution is 6.33. The molecule has 0 aromatic heterocycles. The SMILES string of the molecule is N#CCCN(C(=O)c1cccc(Cl)c1[N+](=O)[O-])C1CC1. The van der Waals surface area contributed by atoms with Crippen LogP contribution in [0.25, 0.3) is 0 Å². The number of halogens is 1. The molecule has 0 N–H and O–H groups in total. The summed E-state index contributed by atoms with van der Waals surface area (Å²) in [6.45, 7) is 0.281. The molecule has 1 amide bonds. The molecule has 0 saturated heterocycles. The van der Waals surface area contributed by atoms with Crippen LogP contribution in [0.5, 0.6) is 0 Å². The normalized spacial score (nSPS) is 13.6. The summed E-state index contributed by atoms with van der Waals surface area (Å²) in [5.74, 6) is -0.433. The largest absolute Gasteiger partial charge is 0.334 e. The number of rotatable bonds is 5. The number of para-hydroxylation sites is 1. The molecular weight excluding hydrogens is 282 g/mol. The third-order valence-electron chi connectivity index (χ3n) is 3.11. The van der Waals surface area contributed by atoms with Gasteiger partial charge in [-0.25, -0.2) is 0 Å². The zero-order valence-corrected chi connectivity index (χ0v) is 11.3. The molecule has 0 atom stereocenters. The molecule has 104 valence electrons. The number of hydrogen-bond donors (Lipinski definition) is 0. The number of nitro benzene ring substituents is 1. The Morgan fingerprint density at radius 2 is 2.25 bits per heavy atom. The van der Waals surface area contributed by atoms with E-state index >= 15 is 0 Å². The number of nitrogens with zero attached hydrogens (tertiary/aromatic N) is 3. The highest BCUT2D eigenvalue weighted by Crippen LogP contribution is 2.33. The molecule has 20 heavy (non-hydrogen) atoms. The van der Waals surface area contributed by atoms with Crippen molar-refractivity contribution in [3.05, 3.63) is 38.9 Å². The van der Waals surface area contributed by atoms with Gasteiger partial charge in [0.25, 0.3) is 5.91 Å². The molecule has 6 nitrogen and oxygen atoms in total. The van der Waals surface area contributed by atoms with Gasteiger partial charge in [0.1, 0.15) is 10.6 Å². The number of hydrogen-bond acceptors (Lipinski definition) is 4. The van der Waals surface area contributed by atoms with Gasteiger partial charge in [-0.2, -0.15) is 5.26 Å². The Bertz CT molecular complexity index is 593. The van der Waals surface area contributed by atoms with Crippen molar-refractivity contribution >= 4 is 23.2 Å². The van der Waals surface area contributed by atoms with E-state index in [4.69, 9.17) is 16.9 Å². The van der Waals surface area contributed by atoms with E-state index in [0.717, 1.165) is 12.8 Å². The second-order valence-corrected chi connectivity index (χ2v) is 4.94. The molecule has 1 fully saturated rings. The van der Waals surface area contributed by atoms with Gasteiger partial charge >= 0.3 is 5.69 Å². The van der Waals surface area contributed by atoms with Crippen LogP contribution in [-0.2, 0) is 0 Å². The van der Waals surface area contributed by atoms with Gasteiger partial charge in [0.15, 0.2) is 0 Å². The zero-order valence-electron chi connectivity index (χ0n) is 10.6. The molecule has 1 saturated carbocycles. The van der Waals surface area contributed by atoms with Crippen LogP contribution in [0.15, 0.2) is 18.2 Å². The quantitative estimate of drug-likeness (QED) is 0.617. The van der Waals surface area contributed by atoms with Crippen LogP contribution < -0.4 is 0 Å². The summed E-state index contributed by atoms with van der Waals surface area (Å²) >= 11 is 5.81. The fraction of sp³-hybridized carbons (Fsp3) is 0.385. The lowest BCUT2D eigenvalue weighted by atomic mass is 10.1. The van der Waals surface area contributed by atoms with Gasteiger partial charge in [-0.15, -0.1) is 0 Å². The maximum atomic E-state index is 12.5. The number of carbonyl (C=O) groups excluding carboxylic acids is 1. The number of nitro groups is 1. The van der Waals surface area contributed by atoms with Crippen molar-refractivity contribution in [1.82, 2.24) is 4.90 Å². The lowest BCUT2D eigenvalue weighted by molar-refractivity contribution is -0.385. The molecule has 0 heterocycles. The lowest BCUT2D eigenvalue weighted by Crippen LogP contribution is -2.34. The van der Waals surface area contributed by atoms with E-state index in [2.05, 4.69) is 0 Å². The fourth-order valence-corrected chi connectivity index (χ4v) is 2.28. The lowest BCUT2D eigenvalue weighted by Gasteiger charge is -2.21. The van der Waals surface area contributed by atoms with Crippen molar-refractivity contribution in [3.8, 4) is 6.07 Å². The smallest absolute Gasteiger partial charge is 0.300 e. The Balaban J connectivity index is 2.34. The molecule has 0 spiro atoms. The monoisotopic (exact) mass is 293 g/mol. The van der Waals surface area contributed by atoms with E-state index in [1.165, 1.54) is 23.1 Å². The van der Waals surface area contributed by atoms with Crippen molar-refractivity contribution in [2.75, 3.05) is 6.54 Å². The second kappa shape index (κ2) is 5.88. The summed E-state index contributed by atoms with van der Waals surface area (Å²) in [4.78, 5) is 24.4. The van der Waals surface area contributed by atoms with Crippen LogP contribution in [0.3, 0.4) is 0 Å². The van der Waals surface area contributed by atoms with Gasteiger partial charge < -0.3 is 4.90 Å². The van der Waals surface area contributed by atoms with E-state index < -0.39 is 10.8 Å². The highest BCUT2D eigenvalue weighted by atomic mass is 35.5. The Morgan fingerprint density at radius 1 is 1.55 bits per heavy atom.